The fraction of sp³-hybridized carbons (Fsp3) is 0.235. The van der Waals surface area contributed by atoms with Crippen LogP contribution in [-0.2, 0) is 0 Å². The van der Waals surface area contributed by atoms with Crippen LogP contribution in [0, 0.1) is 0 Å². The molecule has 0 aromatic heterocycles. The molecule has 2 amide bonds. The molecule has 2 aromatic rings. The second kappa shape index (κ2) is 7.45. The molecular weight excluding hydrogens is 264 g/mol. The van der Waals surface area contributed by atoms with E-state index in [2.05, 4.69) is 34.9 Å². The second-order valence-corrected chi connectivity index (χ2v) is 4.83. The molecule has 3 N–H and O–H groups in total. The van der Waals surface area contributed by atoms with Crippen LogP contribution in [0.5, 0.6) is 0 Å². The first-order chi connectivity index (χ1) is 10.2. The third-order valence-electron chi connectivity index (χ3n) is 3.26. The van der Waals surface area contributed by atoms with Gasteiger partial charge < -0.3 is 15.7 Å². The summed E-state index contributed by atoms with van der Waals surface area (Å²) in [5.74, 6) is 0. The van der Waals surface area contributed by atoms with Crippen molar-refractivity contribution in [3.8, 4) is 11.1 Å². The molecule has 0 spiro atoms. The number of nitrogens with one attached hydrogen (secondary N) is 2. The number of aliphatic hydroxyl groups is 1. The van der Waals surface area contributed by atoms with Crippen molar-refractivity contribution in [3.05, 3.63) is 60.2 Å². The zero-order chi connectivity index (χ0) is 15.1. The van der Waals surface area contributed by atoms with E-state index in [1.54, 1.807) is 0 Å². The maximum atomic E-state index is 11.5. The highest BCUT2D eigenvalue weighted by molar-refractivity contribution is 5.74. The molecule has 0 saturated heterocycles. The molecule has 4 nitrogen and oxygen atoms in total. The number of hydrogen-bond donors (Lipinski definition) is 3. The van der Waals surface area contributed by atoms with Crippen LogP contribution in [0.3, 0.4) is 0 Å². The summed E-state index contributed by atoms with van der Waals surface area (Å²) in [6.45, 7) is 2.12. The van der Waals surface area contributed by atoms with Gasteiger partial charge in [-0.15, -0.1) is 0 Å². The zero-order valence-electron chi connectivity index (χ0n) is 12.0. The van der Waals surface area contributed by atoms with Gasteiger partial charge in [0.05, 0.1) is 12.6 Å². The highest BCUT2D eigenvalue weighted by atomic mass is 16.3. The molecule has 0 heterocycles. The van der Waals surface area contributed by atoms with Gasteiger partial charge in [-0.1, -0.05) is 54.6 Å². The lowest BCUT2D eigenvalue weighted by Gasteiger charge is -2.15. The first kappa shape index (κ1) is 15.1. The van der Waals surface area contributed by atoms with Gasteiger partial charge in [0, 0.05) is 6.54 Å². The molecule has 0 aliphatic carbocycles. The molecular formula is C17H20N2O2. The average Bonchev–Trinajstić information content (AvgIpc) is 2.54. The molecule has 0 bridgehead atoms. The first-order valence-electron chi connectivity index (χ1n) is 7.01. The molecule has 0 saturated carbocycles. The number of amides is 2. The lowest BCUT2D eigenvalue weighted by atomic mass is 10.0. The van der Waals surface area contributed by atoms with E-state index in [9.17, 15) is 4.79 Å². The minimum Gasteiger partial charge on any atom is -0.395 e. The zero-order valence-corrected chi connectivity index (χ0v) is 12.0. The molecule has 0 fully saturated rings. The van der Waals surface area contributed by atoms with E-state index in [1.165, 1.54) is 5.56 Å². The van der Waals surface area contributed by atoms with Gasteiger partial charge in [-0.2, -0.15) is 0 Å². The Morgan fingerprint density at radius 2 is 1.67 bits per heavy atom. The molecule has 2 aromatic carbocycles. The quantitative estimate of drug-likeness (QED) is 0.790. The Morgan fingerprint density at radius 3 is 2.29 bits per heavy atom. The highest BCUT2D eigenvalue weighted by Gasteiger charge is 2.08. The minimum absolute atomic E-state index is 0.0619. The number of aliphatic hydroxyl groups excluding tert-OH is 1. The van der Waals surface area contributed by atoms with Gasteiger partial charge in [-0.05, 0) is 23.6 Å². The van der Waals surface area contributed by atoms with Crippen molar-refractivity contribution >= 4 is 6.03 Å². The number of urea groups is 1. The molecule has 4 heteroatoms. The maximum absolute atomic E-state index is 11.5. The predicted molar refractivity (Wildman–Crippen MR) is 83.9 cm³/mol. The van der Waals surface area contributed by atoms with Crippen molar-refractivity contribution in [2.45, 2.75) is 13.0 Å². The Hall–Kier alpha value is -2.33. The summed E-state index contributed by atoms with van der Waals surface area (Å²) in [7, 11) is 0. The average molecular weight is 284 g/mol. The Kier molecular flexibility index (Phi) is 5.35. The normalized spacial score (nSPS) is 11.7. The number of carbonyl (C=O) groups excluding carboxylic acids is 1. The molecule has 1 atom stereocenters. The van der Waals surface area contributed by atoms with Crippen molar-refractivity contribution < 1.29 is 9.90 Å². The summed E-state index contributed by atoms with van der Waals surface area (Å²) in [4.78, 5) is 11.5. The smallest absolute Gasteiger partial charge is 0.315 e. The minimum atomic E-state index is -0.274. The van der Waals surface area contributed by atoms with Crippen LogP contribution in [0.25, 0.3) is 11.1 Å². The van der Waals surface area contributed by atoms with Crippen LogP contribution < -0.4 is 10.6 Å². The number of benzene rings is 2. The first-order valence-corrected chi connectivity index (χ1v) is 7.01. The highest BCUT2D eigenvalue weighted by Crippen LogP contribution is 2.21. The van der Waals surface area contributed by atoms with E-state index in [-0.39, 0.29) is 25.2 Å². The summed E-state index contributed by atoms with van der Waals surface area (Å²) in [6.07, 6.45) is 0. The lowest BCUT2D eigenvalue weighted by Crippen LogP contribution is -2.38. The lowest BCUT2D eigenvalue weighted by molar-refractivity contribution is 0.231. The van der Waals surface area contributed by atoms with Crippen molar-refractivity contribution in [2.75, 3.05) is 13.2 Å². The summed E-state index contributed by atoms with van der Waals surface area (Å²) in [5, 5.41) is 14.1. The SMILES string of the molecule is CC(NC(=O)NCCO)c1ccc(-c2ccccc2)cc1. The largest absolute Gasteiger partial charge is 0.395 e. The van der Waals surface area contributed by atoms with Crippen LogP contribution in [0.2, 0.25) is 0 Å². The number of hydrogen-bond acceptors (Lipinski definition) is 2. The molecule has 0 aliphatic heterocycles. The third-order valence-corrected chi connectivity index (χ3v) is 3.26. The number of rotatable bonds is 5. The van der Waals surface area contributed by atoms with Crippen molar-refractivity contribution in [2.24, 2.45) is 0 Å². The van der Waals surface area contributed by atoms with Crippen molar-refractivity contribution in [1.29, 1.82) is 0 Å². The Morgan fingerprint density at radius 1 is 1.05 bits per heavy atom. The van der Waals surface area contributed by atoms with Gasteiger partial charge in [-0.25, -0.2) is 4.79 Å². The Bertz CT molecular complexity index is 567. The van der Waals surface area contributed by atoms with E-state index in [1.807, 2.05) is 37.3 Å². The molecule has 110 valence electrons. The van der Waals surface area contributed by atoms with Crippen LogP contribution in [0.4, 0.5) is 4.79 Å². The molecule has 0 radical (unpaired) electrons. The van der Waals surface area contributed by atoms with Gasteiger partial charge in [-0.3, -0.25) is 0 Å². The van der Waals surface area contributed by atoms with Crippen molar-refractivity contribution in [1.82, 2.24) is 10.6 Å². The third kappa shape index (κ3) is 4.33. The van der Waals surface area contributed by atoms with Gasteiger partial charge in [0.15, 0.2) is 0 Å². The summed E-state index contributed by atoms with van der Waals surface area (Å²) >= 11 is 0. The maximum Gasteiger partial charge on any atom is 0.315 e. The van der Waals surface area contributed by atoms with Crippen LogP contribution >= 0.6 is 0 Å². The number of carbonyl (C=O) groups is 1. The summed E-state index contributed by atoms with van der Waals surface area (Å²) < 4.78 is 0. The second-order valence-electron chi connectivity index (χ2n) is 4.83. The van der Waals surface area contributed by atoms with E-state index in [0.29, 0.717) is 0 Å². The van der Waals surface area contributed by atoms with Gasteiger partial charge >= 0.3 is 6.03 Å². The van der Waals surface area contributed by atoms with Gasteiger partial charge in [0.1, 0.15) is 0 Å². The van der Waals surface area contributed by atoms with E-state index < -0.39 is 0 Å². The van der Waals surface area contributed by atoms with E-state index in [4.69, 9.17) is 5.11 Å². The van der Waals surface area contributed by atoms with Gasteiger partial charge in [0.2, 0.25) is 0 Å². The molecule has 2 rings (SSSR count). The monoisotopic (exact) mass is 284 g/mol. The fourth-order valence-electron chi connectivity index (χ4n) is 2.10. The Labute approximate surface area is 124 Å². The molecule has 0 aliphatic rings. The van der Waals surface area contributed by atoms with Crippen LogP contribution in [0.15, 0.2) is 54.6 Å². The summed E-state index contributed by atoms with van der Waals surface area (Å²) in [6, 6.07) is 17.9. The predicted octanol–water partition coefficient (Wildman–Crippen LogP) is 2.71. The standard InChI is InChI=1S/C17H20N2O2/c1-13(19-17(21)18-11-12-20)14-7-9-16(10-8-14)15-5-3-2-4-6-15/h2-10,13,20H,11-12H2,1H3,(H2,18,19,21). The van der Waals surface area contributed by atoms with Crippen molar-refractivity contribution in [3.63, 3.8) is 0 Å². The van der Waals surface area contributed by atoms with Crippen LogP contribution in [-0.4, -0.2) is 24.3 Å². The van der Waals surface area contributed by atoms with Gasteiger partial charge in [0.25, 0.3) is 0 Å². The molecule has 1 unspecified atom stereocenters. The topological polar surface area (TPSA) is 61.4 Å². The Balaban J connectivity index is 2.00. The molecule has 21 heavy (non-hydrogen) atoms. The van der Waals surface area contributed by atoms with Crippen LogP contribution in [0.1, 0.15) is 18.5 Å². The van der Waals surface area contributed by atoms with E-state index >= 15 is 0 Å². The van der Waals surface area contributed by atoms with E-state index in [0.717, 1.165) is 11.1 Å². The summed E-state index contributed by atoms with van der Waals surface area (Å²) in [5.41, 5.74) is 3.36. The fourth-order valence-corrected chi connectivity index (χ4v) is 2.10.